The van der Waals surface area contributed by atoms with Gasteiger partial charge >= 0.3 is 0 Å². The van der Waals surface area contributed by atoms with Gasteiger partial charge < -0.3 is 10.1 Å². The first-order valence-corrected chi connectivity index (χ1v) is 8.60. The number of amides is 1. The zero-order valence-corrected chi connectivity index (χ0v) is 13.5. The SMILES string of the molecule is COc1ccccc1CC(=O)Nc1ccc(CS(N)(=O)=O)cc1. The van der Waals surface area contributed by atoms with Crippen molar-refractivity contribution in [1.29, 1.82) is 0 Å². The summed E-state index contributed by atoms with van der Waals surface area (Å²) >= 11 is 0. The first kappa shape index (κ1) is 17.0. The van der Waals surface area contributed by atoms with Crippen LogP contribution in [0.2, 0.25) is 0 Å². The summed E-state index contributed by atoms with van der Waals surface area (Å²) in [6.45, 7) is 0. The molecule has 23 heavy (non-hydrogen) atoms. The maximum absolute atomic E-state index is 12.1. The molecule has 0 saturated heterocycles. The summed E-state index contributed by atoms with van der Waals surface area (Å²) in [5.74, 6) is 0.238. The fraction of sp³-hybridized carbons (Fsp3) is 0.188. The number of carbonyl (C=O) groups excluding carboxylic acids is 1. The van der Waals surface area contributed by atoms with Crippen LogP contribution in [0.5, 0.6) is 5.75 Å². The van der Waals surface area contributed by atoms with Crippen LogP contribution >= 0.6 is 0 Å². The summed E-state index contributed by atoms with van der Waals surface area (Å²) in [5.41, 5.74) is 1.94. The van der Waals surface area contributed by atoms with Gasteiger partial charge in [0.2, 0.25) is 15.9 Å². The Kier molecular flexibility index (Phi) is 5.36. The number of benzene rings is 2. The molecule has 0 aliphatic rings. The van der Waals surface area contributed by atoms with Crippen molar-refractivity contribution in [2.24, 2.45) is 5.14 Å². The minimum absolute atomic E-state index is 0.183. The lowest BCUT2D eigenvalue weighted by atomic mass is 10.1. The van der Waals surface area contributed by atoms with Crippen LogP contribution < -0.4 is 15.2 Å². The Labute approximate surface area is 135 Å². The van der Waals surface area contributed by atoms with E-state index in [1.165, 1.54) is 0 Å². The maximum Gasteiger partial charge on any atom is 0.228 e. The lowest BCUT2D eigenvalue weighted by Crippen LogP contribution is -2.16. The highest BCUT2D eigenvalue weighted by atomic mass is 32.2. The van der Waals surface area contributed by atoms with Crippen molar-refractivity contribution in [3.05, 3.63) is 59.7 Å². The number of ether oxygens (including phenoxy) is 1. The third-order valence-electron chi connectivity index (χ3n) is 3.15. The molecule has 2 aromatic carbocycles. The van der Waals surface area contributed by atoms with E-state index in [1.807, 2.05) is 18.2 Å². The van der Waals surface area contributed by atoms with E-state index in [-0.39, 0.29) is 18.1 Å². The molecule has 2 rings (SSSR count). The number of hydrogen-bond acceptors (Lipinski definition) is 4. The van der Waals surface area contributed by atoms with Crippen molar-refractivity contribution < 1.29 is 17.9 Å². The smallest absolute Gasteiger partial charge is 0.228 e. The van der Waals surface area contributed by atoms with Gasteiger partial charge in [-0.1, -0.05) is 30.3 Å². The first-order valence-electron chi connectivity index (χ1n) is 6.88. The molecule has 0 radical (unpaired) electrons. The Bertz CT molecular complexity index is 786. The van der Waals surface area contributed by atoms with Gasteiger partial charge in [0.1, 0.15) is 5.75 Å². The molecule has 0 heterocycles. The number of para-hydroxylation sites is 1. The number of rotatable bonds is 6. The van der Waals surface area contributed by atoms with E-state index in [2.05, 4.69) is 5.32 Å². The Hall–Kier alpha value is -2.38. The summed E-state index contributed by atoms with van der Waals surface area (Å²) in [6, 6.07) is 13.8. The van der Waals surface area contributed by atoms with Crippen molar-refractivity contribution in [3.63, 3.8) is 0 Å². The van der Waals surface area contributed by atoms with E-state index >= 15 is 0 Å². The second-order valence-corrected chi connectivity index (χ2v) is 6.66. The zero-order chi connectivity index (χ0) is 16.9. The monoisotopic (exact) mass is 334 g/mol. The third-order valence-corrected chi connectivity index (χ3v) is 3.88. The number of nitrogens with one attached hydrogen (secondary N) is 1. The number of sulfonamides is 1. The maximum atomic E-state index is 12.1. The molecule has 0 fully saturated rings. The van der Waals surface area contributed by atoms with Gasteiger partial charge in [-0.3, -0.25) is 4.79 Å². The molecule has 3 N–H and O–H groups in total. The molecule has 0 atom stereocenters. The fourth-order valence-electron chi connectivity index (χ4n) is 2.14. The quantitative estimate of drug-likeness (QED) is 0.839. The summed E-state index contributed by atoms with van der Waals surface area (Å²) < 4.78 is 27.3. The lowest BCUT2D eigenvalue weighted by molar-refractivity contribution is -0.115. The van der Waals surface area contributed by atoms with Gasteiger partial charge in [-0.15, -0.1) is 0 Å². The molecule has 6 nitrogen and oxygen atoms in total. The molecule has 0 aliphatic heterocycles. The minimum atomic E-state index is -3.56. The van der Waals surface area contributed by atoms with E-state index in [1.54, 1.807) is 37.4 Å². The third kappa shape index (κ3) is 5.39. The van der Waals surface area contributed by atoms with E-state index in [4.69, 9.17) is 9.88 Å². The van der Waals surface area contributed by atoms with Crippen LogP contribution in [0.1, 0.15) is 11.1 Å². The highest BCUT2D eigenvalue weighted by Crippen LogP contribution is 2.18. The van der Waals surface area contributed by atoms with E-state index < -0.39 is 10.0 Å². The lowest BCUT2D eigenvalue weighted by Gasteiger charge is -2.09. The second-order valence-electron chi connectivity index (χ2n) is 5.04. The largest absolute Gasteiger partial charge is 0.496 e. The summed E-state index contributed by atoms with van der Waals surface area (Å²) in [7, 11) is -2.01. The second kappa shape index (κ2) is 7.26. The van der Waals surface area contributed by atoms with Gasteiger partial charge in [0.15, 0.2) is 0 Å². The Morgan fingerprint density at radius 1 is 1.13 bits per heavy atom. The standard InChI is InChI=1S/C16H18N2O4S/c1-22-15-5-3-2-4-13(15)10-16(19)18-14-8-6-12(7-9-14)11-23(17,20)21/h2-9H,10-11H2,1H3,(H,18,19)(H2,17,20,21). The number of primary sulfonamides is 1. The van der Waals surface area contributed by atoms with Gasteiger partial charge in [0.05, 0.1) is 19.3 Å². The highest BCUT2D eigenvalue weighted by molar-refractivity contribution is 7.88. The normalized spacial score (nSPS) is 11.0. The van der Waals surface area contributed by atoms with Crippen molar-refractivity contribution in [3.8, 4) is 5.75 Å². The molecular formula is C16H18N2O4S. The van der Waals surface area contributed by atoms with Crippen LogP contribution in [0.15, 0.2) is 48.5 Å². The van der Waals surface area contributed by atoms with Gasteiger partial charge in [-0.25, -0.2) is 13.6 Å². The van der Waals surface area contributed by atoms with Crippen molar-refractivity contribution in [2.75, 3.05) is 12.4 Å². The van der Waals surface area contributed by atoms with Crippen LogP contribution in [0.3, 0.4) is 0 Å². The van der Waals surface area contributed by atoms with Gasteiger partial charge in [-0.05, 0) is 23.8 Å². The average Bonchev–Trinajstić information content (AvgIpc) is 2.48. The van der Waals surface area contributed by atoms with Crippen LogP contribution in [-0.4, -0.2) is 21.4 Å². The Morgan fingerprint density at radius 2 is 1.78 bits per heavy atom. The topological polar surface area (TPSA) is 98.5 Å². The molecule has 0 unspecified atom stereocenters. The number of carbonyl (C=O) groups is 1. The van der Waals surface area contributed by atoms with Gasteiger partial charge in [0, 0.05) is 11.3 Å². The molecular weight excluding hydrogens is 316 g/mol. The van der Waals surface area contributed by atoms with Gasteiger partial charge in [-0.2, -0.15) is 0 Å². The molecule has 1 amide bonds. The number of hydrogen-bond donors (Lipinski definition) is 2. The van der Waals surface area contributed by atoms with Crippen LogP contribution in [0, 0.1) is 0 Å². The predicted octanol–water partition coefficient (Wildman–Crippen LogP) is 1.66. The summed E-state index contributed by atoms with van der Waals surface area (Å²) in [5, 5.41) is 7.75. The summed E-state index contributed by atoms with van der Waals surface area (Å²) in [4.78, 5) is 12.1. The molecule has 122 valence electrons. The average molecular weight is 334 g/mol. The summed E-state index contributed by atoms with van der Waals surface area (Å²) in [6.07, 6.45) is 0.183. The molecule has 7 heteroatoms. The van der Waals surface area contributed by atoms with E-state index in [9.17, 15) is 13.2 Å². The van der Waals surface area contributed by atoms with Crippen LogP contribution in [-0.2, 0) is 27.0 Å². The minimum Gasteiger partial charge on any atom is -0.496 e. The Balaban J connectivity index is 2.00. The molecule has 0 bridgehead atoms. The van der Waals surface area contributed by atoms with E-state index in [0.29, 0.717) is 17.0 Å². The fourth-order valence-corrected chi connectivity index (χ4v) is 2.80. The molecule has 0 aliphatic carbocycles. The zero-order valence-electron chi connectivity index (χ0n) is 12.7. The molecule has 0 spiro atoms. The van der Waals surface area contributed by atoms with Crippen molar-refractivity contribution in [2.45, 2.75) is 12.2 Å². The molecule has 2 aromatic rings. The van der Waals surface area contributed by atoms with Crippen LogP contribution in [0.4, 0.5) is 5.69 Å². The van der Waals surface area contributed by atoms with Crippen molar-refractivity contribution >= 4 is 21.6 Å². The van der Waals surface area contributed by atoms with Crippen molar-refractivity contribution in [1.82, 2.24) is 0 Å². The number of nitrogens with two attached hydrogens (primary N) is 1. The van der Waals surface area contributed by atoms with Crippen LogP contribution in [0.25, 0.3) is 0 Å². The molecule has 0 aromatic heterocycles. The predicted molar refractivity (Wildman–Crippen MR) is 88.6 cm³/mol. The van der Waals surface area contributed by atoms with Gasteiger partial charge in [0.25, 0.3) is 0 Å². The van der Waals surface area contributed by atoms with E-state index in [0.717, 1.165) is 5.56 Å². The number of methoxy groups -OCH3 is 1. The first-order chi connectivity index (χ1) is 10.9. The molecule has 0 saturated carbocycles. The Morgan fingerprint density at radius 3 is 2.39 bits per heavy atom. The number of anilines is 1. The highest BCUT2D eigenvalue weighted by Gasteiger charge is 2.09.